The van der Waals surface area contributed by atoms with E-state index in [0.29, 0.717) is 31.1 Å². The van der Waals surface area contributed by atoms with E-state index in [-0.39, 0.29) is 17.7 Å². The van der Waals surface area contributed by atoms with E-state index >= 15 is 0 Å². The average Bonchev–Trinajstić information content (AvgIpc) is 3.49. The van der Waals surface area contributed by atoms with Crippen molar-refractivity contribution in [3.63, 3.8) is 0 Å². The summed E-state index contributed by atoms with van der Waals surface area (Å²) in [5.74, 6) is 1.67. The van der Waals surface area contributed by atoms with Crippen LogP contribution in [-0.2, 0) is 4.74 Å². The van der Waals surface area contributed by atoms with Crippen LogP contribution in [0, 0.1) is 12.8 Å². The van der Waals surface area contributed by atoms with Crippen molar-refractivity contribution in [2.24, 2.45) is 5.92 Å². The van der Waals surface area contributed by atoms with E-state index in [0.717, 1.165) is 48.2 Å². The van der Waals surface area contributed by atoms with Gasteiger partial charge in [-0.05, 0) is 55.5 Å². The predicted molar refractivity (Wildman–Crippen MR) is 126 cm³/mol. The Bertz CT molecular complexity index is 1180. The lowest BCUT2D eigenvalue weighted by Gasteiger charge is -2.28. The lowest BCUT2D eigenvalue weighted by Crippen LogP contribution is -2.43. The molecule has 2 aromatic carbocycles. The Labute approximate surface area is 192 Å². The molecule has 2 N–H and O–H groups in total. The number of carboxylic acid groups (broad SMARTS) is 1. The van der Waals surface area contributed by atoms with E-state index < -0.39 is 6.09 Å². The van der Waals surface area contributed by atoms with Gasteiger partial charge < -0.3 is 24.7 Å². The molecule has 2 fully saturated rings. The van der Waals surface area contributed by atoms with Crippen LogP contribution < -0.4 is 4.90 Å². The Balaban J connectivity index is 1.45. The van der Waals surface area contributed by atoms with E-state index in [9.17, 15) is 15.0 Å². The first-order valence-corrected chi connectivity index (χ1v) is 11.4. The first-order valence-electron chi connectivity index (χ1n) is 11.4. The van der Waals surface area contributed by atoms with Crippen molar-refractivity contribution in [2.75, 3.05) is 37.7 Å². The van der Waals surface area contributed by atoms with Gasteiger partial charge in [0.05, 0.1) is 23.7 Å². The number of phenolic OH excluding ortho intramolecular Hbond substituents is 1. The summed E-state index contributed by atoms with van der Waals surface area (Å²) in [6, 6.07) is 13.2. The number of carbonyl (C=O) groups is 1. The van der Waals surface area contributed by atoms with Crippen molar-refractivity contribution in [3.05, 3.63) is 48.0 Å². The molecule has 8 nitrogen and oxygen atoms in total. The van der Waals surface area contributed by atoms with Crippen molar-refractivity contribution >= 4 is 22.8 Å². The third-order valence-corrected chi connectivity index (χ3v) is 6.61. The summed E-state index contributed by atoms with van der Waals surface area (Å²) in [4.78, 5) is 25.3. The number of phenols is 1. The number of hydrogen-bond acceptors (Lipinski definition) is 6. The number of amides is 1. The molecule has 0 saturated carbocycles. The van der Waals surface area contributed by atoms with Gasteiger partial charge in [-0.1, -0.05) is 18.2 Å². The van der Waals surface area contributed by atoms with Crippen LogP contribution in [0.15, 0.2) is 42.5 Å². The Kier molecular flexibility index (Phi) is 5.76. The fourth-order valence-electron chi connectivity index (χ4n) is 4.85. The summed E-state index contributed by atoms with van der Waals surface area (Å²) in [6.07, 6.45) is 0.761. The molecular formula is C25H28N4O4. The first kappa shape index (κ1) is 21.5. The third kappa shape index (κ3) is 4.30. The minimum atomic E-state index is -0.881. The number of hydrogen-bond donors (Lipinski definition) is 2. The van der Waals surface area contributed by atoms with Crippen LogP contribution in [0.2, 0.25) is 0 Å². The maximum Gasteiger partial charge on any atom is 0.407 e. The summed E-state index contributed by atoms with van der Waals surface area (Å²) >= 11 is 0. The Hall–Kier alpha value is -3.39. The van der Waals surface area contributed by atoms with Crippen molar-refractivity contribution in [1.82, 2.24) is 14.9 Å². The maximum absolute atomic E-state index is 11.9. The smallest absolute Gasteiger partial charge is 0.407 e. The third-order valence-electron chi connectivity index (χ3n) is 6.61. The normalized spacial score (nSPS) is 20.5. The molecule has 0 bridgehead atoms. The standard InChI is InChI=1S/C25H28N4O4/c1-16-6-7-19-21(12-16)26-23(20-4-2-3-5-22(20)30)27-24(19)28-10-8-17(13-28)14-29(25(31)32)18-9-11-33-15-18/h2-7,12,17-18,30H,8-11,13-15H2,1H3,(H,31,32)/t17-,18-/m0/s1. The molecule has 8 heteroatoms. The minimum absolute atomic E-state index is 0.0629. The molecule has 33 heavy (non-hydrogen) atoms. The molecule has 5 rings (SSSR count). The van der Waals surface area contributed by atoms with Gasteiger partial charge in [0.25, 0.3) is 0 Å². The second kappa shape index (κ2) is 8.86. The van der Waals surface area contributed by atoms with Crippen LogP contribution in [0.1, 0.15) is 18.4 Å². The van der Waals surface area contributed by atoms with Crippen LogP contribution in [0.25, 0.3) is 22.3 Å². The summed E-state index contributed by atoms with van der Waals surface area (Å²) < 4.78 is 5.41. The van der Waals surface area contributed by atoms with E-state index in [2.05, 4.69) is 11.0 Å². The van der Waals surface area contributed by atoms with Crippen molar-refractivity contribution in [2.45, 2.75) is 25.8 Å². The largest absolute Gasteiger partial charge is 0.507 e. The molecule has 0 spiro atoms. The van der Waals surface area contributed by atoms with Gasteiger partial charge in [-0.15, -0.1) is 0 Å². The SMILES string of the molecule is Cc1ccc2c(N3CC[C@H](CN(C(=O)O)[C@H]4CCOC4)C3)nc(-c3ccccc3O)nc2c1. The number of aromatic nitrogens is 2. The van der Waals surface area contributed by atoms with Crippen molar-refractivity contribution in [3.8, 4) is 17.1 Å². The van der Waals surface area contributed by atoms with Gasteiger partial charge >= 0.3 is 6.09 Å². The fourth-order valence-corrected chi connectivity index (χ4v) is 4.85. The van der Waals surface area contributed by atoms with Gasteiger partial charge in [0, 0.05) is 31.6 Å². The highest BCUT2D eigenvalue weighted by Crippen LogP contribution is 2.34. The second-order valence-corrected chi connectivity index (χ2v) is 8.96. The van der Waals surface area contributed by atoms with Gasteiger partial charge in [-0.25, -0.2) is 14.8 Å². The number of para-hydroxylation sites is 1. The molecule has 3 heterocycles. The molecule has 3 aromatic rings. The summed E-state index contributed by atoms with van der Waals surface area (Å²) in [7, 11) is 0. The molecule has 2 aliphatic heterocycles. The molecular weight excluding hydrogens is 420 g/mol. The van der Waals surface area contributed by atoms with Crippen LogP contribution in [0.3, 0.4) is 0 Å². The topological polar surface area (TPSA) is 99.0 Å². The molecule has 2 aliphatic rings. The summed E-state index contributed by atoms with van der Waals surface area (Å²) in [5.41, 5.74) is 2.53. The zero-order valence-electron chi connectivity index (χ0n) is 18.6. The molecule has 2 saturated heterocycles. The molecule has 0 aliphatic carbocycles. The number of benzene rings is 2. The highest BCUT2D eigenvalue weighted by atomic mass is 16.5. The number of aryl methyl sites for hydroxylation is 1. The van der Waals surface area contributed by atoms with Gasteiger partial charge in [0.1, 0.15) is 11.6 Å². The highest BCUT2D eigenvalue weighted by molar-refractivity contribution is 5.92. The van der Waals surface area contributed by atoms with Crippen LogP contribution >= 0.6 is 0 Å². The number of anilines is 1. The number of ether oxygens (including phenoxy) is 1. The van der Waals surface area contributed by atoms with E-state index in [4.69, 9.17) is 14.7 Å². The van der Waals surface area contributed by atoms with Gasteiger partial charge in [-0.3, -0.25) is 0 Å². The number of aromatic hydroxyl groups is 1. The van der Waals surface area contributed by atoms with Crippen LogP contribution in [0.4, 0.5) is 10.6 Å². The summed E-state index contributed by atoms with van der Waals surface area (Å²) in [5, 5.41) is 21.1. The van der Waals surface area contributed by atoms with E-state index in [1.54, 1.807) is 17.0 Å². The molecule has 172 valence electrons. The minimum Gasteiger partial charge on any atom is -0.507 e. The van der Waals surface area contributed by atoms with Crippen LogP contribution in [0.5, 0.6) is 5.75 Å². The number of nitrogens with zero attached hydrogens (tertiary/aromatic N) is 4. The average molecular weight is 449 g/mol. The van der Waals surface area contributed by atoms with Crippen molar-refractivity contribution in [1.29, 1.82) is 0 Å². The quantitative estimate of drug-likeness (QED) is 0.611. The second-order valence-electron chi connectivity index (χ2n) is 8.96. The first-order chi connectivity index (χ1) is 16.0. The molecule has 0 unspecified atom stereocenters. The van der Waals surface area contributed by atoms with Gasteiger partial charge in [-0.2, -0.15) is 0 Å². The molecule has 1 aromatic heterocycles. The Morgan fingerprint density at radius 2 is 2.06 bits per heavy atom. The lowest BCUT2D eigenvalue weighted by molar-refractivity contribution is 0.104. The predicted octanol–water partition coefficient (Wildman–Crippen LogP) is 3.91. The monoisotopic (exact) mass is 448 g/mol. The summed E-state index contributed by atoms with van der Waals surface area (Å²) in [6.45, 7) is 5.13. The van der Waals surface area contributed by atoms with Gasteiger partial charge in [0.15, 0.2) is 5.82 Å². The zero-order chi connectivity index (χ0) is 22.9. The molecule has 2 atom stereocenters. The van der Waals surface area contributed by atoms with E-state index in [1.165, 1.54) is 0 Å². The molecule has 0 radical (unpaired) electrons. The highest BCUT2D eigenvalue weighted by Gasteiger charge is 2.33. The van der Waals surface area contributed by atoms with E-state index in [1.807, 2.05) is 31.2 Å². The zero-order valence-corrected chi connectivity index (χ0v) is 18.6. The Morgan fingerprint density at radius 3 is 2.82 bits per heavy atom. The van der Waals surface area contributed by atoms with Crippen LogP contribution in [-0.4, -0.2) is 70.1 Å². The van der Waals surface area contributed by atoms with Gasteiger partial charge in [0.2, 0.25) is 0 Å². The van der Waals surface area contributed by atoms with Crippen molar-refractivity contribution < 1.29 is 19.7 Å². The fraction of sp³-hybridized carbons (Fsp3) is 0.400. The lowest BCUT2D eigenvalue weighted by atomic mass is 10.1. The number of rotatable bonds is 5. The Morgan fingerprint density at radius 1 is 1.21 bits per heavy atom. The molecule has 1 amide bonds. The maximum atomic E-state index is 11.9. The number of fused-ring (bicyclic) bond motifs is 1.